The van der Waals surface area contributed by atoms with E-state index in [4.69, 9.17) is 4.74 Å². The summed E-state index contributed by atoms with van der Waals surface area (Å²) in [6.07, 6.45) is 3.66. The van der Waals surface area contributed by atoms with Gasteiger partial charge in [-0.1, -0.05) is 60.2 Å². The van der Waals surface area contributed by atoms with Crippen molar-refractivity contribution in [3.05, 3.63) is 65.2 Å². The van der Waals surface area contributed by atoms with Crippen LogP contribution in [0.5, 0.6) is 0 Å². The molecule has 3 heteroatoms. The minimum Gasteiger partial charge on any atom is -0.452 e. The van der Waals surface area contributed by atoms with Crippen molar-refractivity contribution in [1.82, 2.24) is 0 Å². The summed E-state index contributed by atoms with van der Waals surface area (Å²) in [6.45, 7) is 2.07. The van der Waals surface area contributed by atoms with E-state index in [1.807, 2.05) is 42.5 Å². The molecule has 0 aromatic heterocycles. The maximum Gasteiger partial charge on any atom is 0.413 e. The normalized spacial score (nSPS) is 10.6. The van der Waals surface area contributed by atoms with Crippen molar-refractivity contribution in [1.29, 1.82) is 0 Å². The third-order valence-electron chi connectivity index (χ3n) is 3.24. The molecule has 0 saturated heterocycles. The second-order valence-corrected chi connectivity index (χ2v) is 4.84. The fraction of sp³-hybridized carbons (Fsp3) is 0.167. The number of para-hydroxylation sites is 1. The molecule has 0 fully saturated rings. The largest absolute Gasteiger partial charge is 0.452 e. The molecular formula is C18H19NO2. The van der Waals surface area contributed by atoms with Gasteiger partial charge in [0.2, 0.25) is 0 Å². The lowest BCUT2D eigenvalue weighted by Gasteiger charge is -2.17. The molecule has 0 aliphatic rings. The number of ether oxygens (including phenoxy) is 1. The van der Waals surface area contributed by atoms with E-state index in [2.05, 4.69) is 25.1 Å². The number of hydrogen-bond acceptors (Lipinski definition) is 2. The lowest BCUT2D eigenvalue weighted by atomic mass is 10.1. The number of carbonyl (C=O) groups excluding carboxylic acids is 1. The average Bonchev–Trinajstić information content (AvgIpc) is 2.52. The van der Waals surface area contributed by atoms with Gasteiger partial charge in [0.05, 0.1) is 12.8 Å². The van der Waals surface area contributed by atoms with Crippen LogP contribution in [0, 0.1) is 6.92 Å². The van der Waals surface area contributed by atoms with Gasteiger partial charge in [-0.15, -0.1) is 0 Å². The van der Waals surface area contributed by atoms with E-state index in [0.717, 1.165) is 16.8 Å². The number of nitrogens with zero attached hydrogens (tertiary/aromatic N) is 1. The molecule has 2 aromatic rings. The molecule has 0 radical (unpaired) electrons. The Balaban J connectivity index is 2.30. The zero-order valence-electron chi connectivity index (χ0n) is 12.5. The van der Waals surface area contributed by atoms with Gasteiger partial charge >= 0.3 is 6.09 Å². The summed E-state index contributed by atoms with van der Waals surface area (Å²) in [5.41, 5.74) is 4.13. The van der Waals surface area contributed by atoms with Gasteiger partial charge in [0.15, 0.2) is 0 Å². The van der Waals surface area contributed by atoms with Crippen molar-refractivity contribution in [3.8, 4) is 0 Å². The highest BCUT2D eigenvalue weighted by Gasteiger charge is 2.12. The fourth-order valence-corrected chi connectivity index (χ4v) is 2.13. The molecule has 3 nitrogen and oxygen atoms in total. The van der Waals surface area contributed by atoms with Crippen LogP contribution in [-0.4, -0.2) is 20.3 Å². The third kappa shape index (κ3) is 3.72. The number of methoxy groups -OCH3 is 1. The van der Waals surface area contributed by atoms with Crippen molar-refractivity contribution in [3.63, 3.8) is 0 Å². The number of aryl methyl sites for hydroxylation is 1. The molecule has 0 saturated carbocycles. The minimum atomic E-state index is -0.383. The second kappa shape index (κ2) is 6.75. The van der Waals surface area contributed by atoms with Crippen LogP contribution in [0.25, 0.3) is 12.2 Å². The van der Waals surface area contributed by atoms with Gasteiger partial charge in [0, 0.05) is 7.05 Å². The first-order valence-electron chi connectivity index (χ1n) is 6.77. The smallest absolute Gasteiger partial charge is 0.413 e. The quantitative estimate of drug-likeness (QED) is 0.782. The van der Waals surface area contributed by atoms with E-state index in [9.17, 15) is 4.79 Å². The van der Waals surface area contributed by atoms with Crippen LogP contribution in [0.15, 0.2) is 48.5 Å². The standard InChI is InChI=1S/C18H19NO2/c1-14-7-6-8-15(13-14)11-12-16-9-4-5-10-17(16)19(2)18(20)21-3/h4-13H,1-3H3. The molecule has 1 amide bonds. The van der Waals surface area contributed by atoms with E-state index >= 15 is 0 Å². The first-order chi connectivity index (χ1) is 10.1. The Labute approximate surface area is 125 Å². The molecule has 2 aromatic carbocycles. The van der Waals surface area contributed by atoms with Gasteiger partial charge in [0.1, 0.15) is 0 Å². The van der Waals surface area contributed by atoms with Gasteiger partial charge in [-0.3, -0.25) is 4.90 Å². The summed E-state index contributed by atoms with van der Waals surface area (Å²) in [7, 11) is 3.08. The van der Waals surface area contributed by atoms with Crippen molar-refractivity contribution in [2.45, 2.75) is 6.92 Å². The zero-order valence-corrected chi connectivity index (χ0v) is 12.5. The summed E-state index contributed by atoms with van der Waals surface area (Å²) >= 11 is 0. The van der Waals surface area contributed by atoms with Crippen LogP contribution < -0.4 is 4.90 Å². The Kier molecular flexibility index (Phi) is 4.77. The SMILES string of the molecule is COC(=O)N(C)c1ccccc1C=Cc1cccc(C)c1. The molecule has 0 spiro atoms. The van der Waals surface area contributed by atoms with Gasteiger partial charge in [0.25, 0.3) is 0 Å². The Hall–Kier alpha value is -2.55. The maximum atomic E-state index is 11.7. The van der Waals surface area contributed by atoms with E-state index in [1.165, 1.54) is 17.6 Å². The van der Waals surface area contributed by atoms with Gasteiger partial charge in [-0.05, 0) is 24.1 Å². The van der Waals surface area contributed by atoms with Crippen molar-refractivity contribution in [2.75, 3.05) is 19.1 Å². The highest BCUT2D eigenvalue weighted by Crippen LogP contribution is 2.22. The summed E-state index contributed by atoms with van der Waals surface area (Å²) in [5.74, 6) is 0. The highest BCUT2D eigenvalue weighted by molar-refractivity contribution is 5.91. The van der Waals surface area contributed by atoms with Crippen molar-refractivity contribution < 1.29 is 9.53 Å². The van der Waals surface area contributed by atoms with Crippen LogP contribution in [-0.2, 0) is 4.74 Å². The van der Waals surface area contributed by atoms with Crippen LogP contribution in [0.4, 0.5) is 10.5 Å². The number of benzene rings is 2. The lowest BCUT2D eigenvalue weighted by molar-refractivity contribution is 0.180. The van der Waals surface area contributed by atoms with Gasteiger partial charge in [-0.2, -0.15) is 0 Å². The summed E-state index contributed by atoms with van der Waals surface area (Å²) in [6, 6.07) is 16.0. The molecule has 21 heavy (non-hydrogen) atoms. The maximum absolute atomic E-state index is 11.7. The Morgan fingerprint density at radius 2 is 1.86 bits per heavy atom. The number of anilines is 1. The molecular weight excluding hydrogens is 262 g/mol. The number of carbonyl (C=O) groups is 1. The summed E-state index contributed by atoms with van der Waals surface area (Å²) in [5, 5.41) is 0. The second-order valence-electron chi connectivity index (χ2n) is 4.84. The Morgan fingerprint density at radius 3 is 2.57 bits per heavy atom. The summed E-state index contributed by atoms with van der Waals surface area (Å²) in [4.78, 5) is 13.2. The Morgan fingerprint density at radius 1 is 1.10 bits per heavy atom. The molecule has 0 atom stereocenters. The van der Waals surface area contributed by atoms with E-state index in [0.29, 0.717) is 0 Å². The molecule has 0 aliphatic heterocycles. The van der Waals surface area contributed by atoms with E-state index in [1.54, 1.807) is 7.05 Å². The predicted molar refractivity (Wildman–Crippen MR) is 87.4 cm³/mol. The lowest BCUT2D eigenvalue weighted by Crippen LogP contribution is -2.26. The summed E-state index contributed by atoms with van der Waals surface area (Å²) < 4.78 is 4.76. The fourth-order valence-electron chi connectivity index (χ4n) is 2.13. The Bertz CT molecular complexity index is 662. The van der Waals surface area contributed by atoms with Gasteiger partial charge in [-0.25, -0.2) is 4.79 Å². The van der Waals surface area contributed by atoms with Gasteiger partial charge < -0.3 is 4.74 Å². The highest BCUT2D eigenvalue weighted by atomic mass is 16.5. The number of hydrogen-bond donors (Lipinski definition) is 0. The zero-order chi connectivity index (χ0) is 15.2. The molecule has 0 unspecified atom stereocenters. The van der Waals surface area contributed by atoms with Crippen LogP contribution >= 0.6 is 0 Å². The molecule has 108 valence electrons. The third-order valence-corrected chi connectivity index (χ3v) is 3.24. The van der Waals surface area contributed by atoms with E-state index in [-0.39, 0.29) is 6.09 Å². The topological polar surface area (TPSA) is 29.5 Å². The molecule has 0 bridgehead atoms. The van der Waals surface area contributed by atoms with Crippen molar-refractivity contribution >= 4 is 23.9 Å². The first kappa shape index (κ1) is 14.9. The molecule has 0 heterocycles. The molecule has 0 N–H and O–H groups in total. The van der Waals surface area contributed by atoms with E-state index < -0.39 is 0 Å². The molecule has 2 rings (SSSR count). The molecule has 0 aliphatic carbocycles. The monoisotopic (exact) mass is 281 g/mol. The predicted octanol–water partition coefficient (Wildman–Crippen LogP) is 4.37. The average molecular weight is 281 g/mol. The van der Waals surface area contributed by atoms with Crippen LogP contribution in [0.3, 0.4) is 0 Å². The first-order valence-corrected chi connectivity index (χ1v) is 6.77. The van der Waals surface area contributed by atoms with Crippen LogP contribution in [0.2, 0.25) is 0 Å². The van der Waals surface area contributed by atoms with Crippen molar-refractivity contribution in [2.24, 2.45) is 0 Å². The number of amides is 1. The van der Waals surface area contributed by atoms with Crippen LogP contribution in [0.1, 0.15) is 16.7 Å². The minimum absolute atomic E-state index is 0.383. The number of rotatable bonds is 3.